The van der Waals surface area contributed by atoms with E-state index in [9.17, 15) is 4.79 Å². The Balaban J connectivity index is 2.05. The Morgan fingerprint density at radius 1 is 1.61 bits per heavy atom. The molecular formula is C13H21N6O2PS. The van der Waals surface area contributed by atoms with Gasteiger partial charge in [0, 0.05) is 24.9 Å². The lowest BCUT2D eigenvalue weighted by Crippen LogP contribution is -2.51. The van der Waals surface area contributed by atoms with Gasteiger partial charge in [0.1, 0.15) is 11.6 Å². The van der Waals surface area contributed by atoms with Crippen LogP contribution in [0.5, 0.6) is 0 Å². The first-order valence-corrected chi connectivity index (χ1v) is 8.51. The number of nitrogens with zero attached hydrogens (tertiary/aromatic N) is 1. The first kappa shape index (κ1) is 17.7. The standard InChI is InChI=1S/C13H21N6O2PS/c1-19(18-17-15-8-20)13-10(6-21-12(14)4-5-16-22)11(7-23-13)9-2-3-9/h4-5,7-9,14,16-18H,2-3,6,22H2,1H3,(H,15,20)/b5-4-,14-12?. The summed E-state index contributed by atoms with van der Waals surface area (Å²) in [5.74, 6) is 0.682. The highest BCUT2D eigenvalue weighted by Crippen LogP contribution is 2.46. The van der Waals surface area contributed by atoms with Crippen molar-refractivity contribution in [2.45, 2.75) is 25.4 Å². The molecule has 0 saturated heterocycles. The molecule has 1 aromatic rings. The van der Waals surface area contributed by atoms with Crippen LogP contribution in [0.4, 0.5) is 5.00 Å². The van der Waals surface area contributed by atoms with Gasteiger partial charge in [-0.1, -0.05) is 0 Å². The second-order valence-corrected chi connectivity index (χ2v) is 6.15. The van der Waals surface area contributed by atoms with Crippen molar-refractivity contribution in [1.82, 2.24) is 21.6 Å². The molecule has 1 aliphatic rings. The van der Waals surface area contributed by atoms with E-state index in [0.717, 1.165) is 10.6 Å². The van der Waals surface area contributed by atoms with Crippen molar-refractivity contribution in [3.05, 3.63) is 28.8 Å². The fourth-order valence-corrected chi connectivity index (χ4v) is 3.26. The number of rotatable bonds is 10. The van der Waals surface area contributed by atoms with E-state index in [1.165, 1.54) is 18.4 Å². The van der Waals surface area contributed by atoms with Crippen LogP contribution < -0.4 is 26.6 Å². The van der Waals surface area contributed by atoms with Gasteiger partial charge in [-0.05, 0) is 39.1 Å². The predicted octanol–water partition coefficient (Wildman–Crippen LogP) is 1.12. The number of hydrazine groups is 3. The number of ether oxygens (including phenoxy) is 1. The highest BCUT2D eigenvalue weighted by molar-refractivity contribution is 7.14. The fourth-order valence-electron chi connectivity index (χ4n) is 2.07. The van der Waals surface area contributed by atoms with E-state index >= 15 is 0 Å². The lowest BCUT2D eigenvalue weighted by Gasteiger charge is -2.20. The molecular weight excluding hydrogens is 335 g/mol. The number of thiophene rings is 1. The maximum atomic E-state index is 10.3. The van der Waals surface area contributed by atoms with E-state index < -0.39 is 0 Å². The highest BCUT2D eigenvalue weighted by Gasteiger charge is 2.29. The number of hydrogen-bond donors (Lipinski definition) is 5. The van der Waals surface area contributed by atoms with E-state index in [-0.39, 0.29) is 5.90 Å². The maximum Gasteiger partial charge on any atom is 0.222 e. The van der Waals surface area contributed by atoms with Crippen molar-refractivity contribution in [2.75, 3.05) is 12.1 Å². The van der Waals surface area contributed by atoms with Gasteiger partial charge in [-0.2, -0.15) is 11.1 Å². The predicted molar refractivity (Wildman–Crippen MR) is 94.7 cm³/mol. The average molecular weight is 356 g/mol. The van der Waals surface area contributed by atoms with Gasteiger partial charge < -0.3 is 9.82 Å². The molecule has 0 aliphatic heterocycles. The van der Waals surface area contributed by atoms with Crippen molar-refractivity contribution in [2.24, 2.45) is 0 Å². The third-order valence-electron chi connectivity index (χ3n) is 3.28. The summed E-state index contributed by atoms with van der Waals surface area (Å²) in [7, 11) is 4.17. The SMILES string of the molecule is CN(NNNC=O)c1scc(C2CC2)c1COC(=N)/C=C\NP. The van der Waals surface area contributed by atoms with Crippen LogP contribution >= 0.6 is 20.7 Å². The molecule has 0 aromatic carbocycles. The molecule has 0 spiro atoms. The van der Waals surface area contributed by atoms with Crippen LogP contribution in [0.15, 0.2) is 17.7 Å². The Hall–Kier alpha value is -1.67. The molecule has 1 unspecified atom stereocenters. The Morgan fingerprint density at radius 3 is 3.04 bits per heavy atom. The monoisotopic (exact) mass is 356 g/mol. The van der Waals surface area contributed by atoms with Gasteiger partial charge in [-0.3, -0.25) is 20.6 Å². The second-order valence-electron chi connectivity index (χ2n) is 4.96. The molecule has 2 rings (SSSR count). The molecule has 5 N–H and O–H groups in total. The van der Waals surface area contributed by atoms with Crippen LogP contribution in [-0.4, -0.2) is 19.4 Å². The van der Waals surface area contributed by atoms with Crippen LogP contribution in [0.2, 0.25) is 0 Å². The summed E-state index contributed by atoms with van der Waals surface area (Å²) < 4.78 is 5.53. The van der Waals surface area contributed by atoms with Gasteiger partial charge >= 0.3 is 0 Å². The zero-order valence-electron chi connectivity index (χ0n) is 12.8. The minimum Gasteiger partial charge on any atom is -0.473 e. The van der Waals surface area contributed by atoms with E-state index in [2.05, 4.69) is 36.4 Å². The van der Waals surface area contributed by atoms with Crippen LogP contribution in [-0.2, 0) is 16.1 Å². The summed E-state index contributed by atoms with van der Waals surface area (Å²) in [5.41, 5.74) is 10.1. The molecule has 126 valence electrons. The molecule has 1 amide bonds. The zero-order valence-corrected chi connectivity index (χ0v) is 14.7. The summed E-state index contributed by atoms with van der Waals surface area (Å²) >= 11 is 1.60. The summed E-state index contributed by atoms with van der Waals surface area (Å²) in [6.45, 7) is 0.331. The molecule has 0 radical (unpaired) electrons. The maximum absolute atomic E-state index is 10.3. The Morgan fingerprint density at radius 2 is 2.39 bits per heavy atom. The minimum absolute atomic E-state index is 0.0928. The molecule has 0 bridgehead atoms. The normalized spacial score (nSPS) is 13.8. The highest BCUT2D eigenvalue weighted by atomic mass is 32.1. The van der Waals surface area contributed by atoms with Gasteiger partial charge in [0.15, 0.2) is 0 Å². The van der Waals surface area contributed by atoms with Gasteiger partial charge in [0.05, 0.1) is 0 Å². The molecule has 1 heterocycles. The Bertz CT molecular complexity index is 575. The molecule has 1 atom stereocenters. The van der Waals surface area contributed by atoms with Gasteiger partial charge in [-0.25, -0.2) is 0 Å². The molecule has 1 fully saturated rings. The van der Waals surface area contributed by atoms with Crippen LogP contribution in [0.3, 0.4) is 0 Å². The molecule has 8 nitrogen and oxygen atoms in total. The fraction of sp³-hybridized carbons (Fsp3) is 0.385. The van der Waals surface area contributed by atoms with Gasteiger partial charge in [0.25, 0.3) is 0 Å². The quantitative estimate of drug-likeness (QED) is 0.108. The van der Waals surface area contributed by atoms with Gasteiger partial charge in [-0.15, -0.1) is 11.3 Å². The van der Waals surface area contributed by atoms with Crippen molar-refractivity contribution in [1.29, 1.82) is 5.41 Å². The minimum atomic E-state index is 0.0928. The van der Waals surface area contributed by atoms with Crippen molar-refractivity contribution in [3.8, 4) is 0 Å². The van der Waals surface area contributed by atoms with E-state index in [1.54, 1.807) is 28.6 Å². The Kier molecular flexibility index (Phi) is 6.79. The van der Waals surface area contributed by atoms with Crippen molar-refractivity contribution >= 4 is 38.0 Å². The lowest BCUT2D eigenvalue weighted by atomic mass is 10.1. The van der Waals surface area contributed by atoms with E-state index in [0.29, 0.717) is 18.9 Å². The first-order valence-electron chi connectivity index (χ1n) is 7.05. The second kappa shape index (κ2) is 8.83. The van der Waals surface area contributed by atoms with E-state index in [4.69, 9.17) is 10.1 Å². The number of nitrogens with one attached hydrogen (secondary N) is 5. The number of carbonyl (C=O) groups excluding carboxylic acids is 1. The number of amides is 1. The number of carbonyl (C=O) groups is 1. The zero-order chi connectivity index (χ0) is 16.7. The van der Waals surface area contributed by atoms with Crippen LogP contribution in [0.1, 0.15) is 29.9 Å². The number of anilines is 1. The average Bonchev–Trinajstić information content (AvgIpc) is 3.30. The van der Waals surface area contributed by atoms with Gasteiger partial charge in [0.2, 0.25) is 12.3 Å². The summed E-state index contributed by atoms with van der Waals surface area (Å²) in [6.07, 6.45) is 6.10. The smallest absolute Gasteiger partial charge is 0.222 e. The molecule has 1 aliphatic carbocycles. The van der Waals surface area contributed by atoms with Crippen molar-refractivity contribution < 1.29 is 9.53 Å². The summed E-state index contributed by atoms with van der Waals surface area (Å²) in [5, 5.41) is 15.4. The van der Waals surface area contributed by atoms with Crippen molar-refractivity contribution in [3.63, 3.8) is 0 Å². The number of hydrogen-bond acceptors (Lipinski definition) is 8. The van der Waals surface area contributed by atoms with E-state index in [1.807, 2.05) is 7.05 Å². The summed E-state index contributed by atoms with van der Waals surface area (Å²) in [6, 6.07) is 0. The Labute approximate surface area is 141 Å². The topological polar surface area (TPSA) is 102 Å². The third-order valence-corrected chi connectivity index (χ3v) is 4.59. The lowest BCUT2D eigenvalue weighted by molar-refractivity contribution is -0.110. The third kappa shape index (κ3) is 5.18. The summed E-state index contributed by atoms with van der Waals surface area (Å²) in [4.78, 5) is 10.3. The molecule has 1 aromatic heterocycles. The first-order chi connectivity index (χ1) is 11.2. The molecule has 10 heteroatoms. The van der Waals surface area contributed by atoms with Crippen LogP contribution in [0.25, 0.3) is 0 Å². The largest absolute Gasteiger partial charge is 0.473 e. The van der Waals surface area contributed by atoms with Crippen LogP contribution in [0, 0.1) is 5.41 Å². The molecule has 23 heavy (non-hydrogen) atoms. The molecule has 1 saturated carbocycles.